The molecule has 3 nitrogen and oxygen atoms in total. The smallest absolute Gasteiger partial charge is 0.271 e. The highest BCUT2D eigenvalue weighted by Gasteiger charge is 2.31. The van der Waals surface area contributed by atoms with Crippen molar-refractivity contribution in [3.05, 3.63) is 50.4 Å². The van der Waals surface area contributed by atoms with Crippen molar-refractivity contribution in [1.29, 1.82) is 0 Å². The minimum atomic E-state index is -4.38. The van der Waals surface area contributed by atoms with Crippen LogP contribution in [0.15, 0.2) is 34.4 Å². The van der Waals surface area contributed by atoms with Crippen molar-refractivity contribution in [3.8, 4) is 0 Å². The van der Waals surface area contributed by atoms with Crippen LogP contribution in [0.2, 0.25) is 0 Å². The van der Waals surface area contributed by atoms with Crippen LogP contribution in [0.3, 0.4) is 0 Å². The molecular formula is C12H11BrF3N3S. The van der Waals surface area contributed by atoms with Crippen molar-refractivity contribution in [3.63, 3.8) is 0 Å². The summed E-state index contributed by atoms with van der Waals surface area (Å²) < 4.78 is 38.9. The molecule has 8 heteroatoms. The summed E-state index contributed by atoms with van der Waals surface area (Å²) in [5.74, 6) is 5.48. The summed E-state index contributed by atoms with van der Waals surface area (Å²) in [5.41, 5.74) is 4.00. The summed E-state index contributed by atoms with van der Waals surface area (Å²) in [6.45, 7) is 0. The fourth-order valence-corrected chi connectivity index (χ4v) is 2.95. The molecule has 3 N–H and O–H groups in total. The van der Waals surface area contributed by atoms with E-state index in [0.29, 0.717) is 16.5 Å². The van der Waals surface area contributed by atoms with Gasteiger partial charge in [-0.15, -0.1) is 11.3 Å². The third kappa shape index (κ3) is 3.57. The predicted octanol–water partition coefficient (Wildman–Crippen LogP) is 3.67. The molecule has 0 spiro atoms. The van der Waals surface area contributed by atoms with Gasteiger partial charge in [0, 0.05) is 22.0 Å². The molecule has 108 valence electrons. The number of nitrogens with two attached hydrogens (primary N) is 1. The Bertz CT molecular complexity index is 572. The molecular weight excluding hydrogens is 355 g/mol. The molecule has 1 atom stereocenters. The first-order valence-corrected chi connectivity index (χ1v) is 7.29. The zero-order valence-electron chi connectivity index (χ0n) is 10.1. The number of alkyl halides is 3. The molecule has 2 aromatic rings. The molecule has 0 saturated heterocycles. The maximum absolute atomic E-state index is 12.8. The molecule has 0 amide bonds. The van der Waals surface area contributed by atoms with Crippen molar-refractivity contribution >= 4 is 27.3 Å². The van der Waals surface area contributed by atoms with Gasteiger partial charge in [0.15, 0.2) is 0 Å². The lowest BCUT2D eigenvalue weighted by atomic mass is 10.0. The van der Waals surface area contributed by atoms with Crippen molar-refractivity contribution in [2.45, 2.75) is 18.6 Å². The summed E-state index contributed by atoms with van der Waals surface area (Å²) in [4.78, 5) is 4.88. The lowest BCUT2D eigenvalue weighted by molar-refractivity contribution is -0.137. The van der Waals surface area contributed by atoms with E-state index in [0.717, 1.165) is 17.0 Å². The maximum Gasteiger partial charge on any atom is 0.416 e. The number of nitrogens with zero attached hydrogens (tertiary/aromatic N) is 1. The highest BCUT2D eigenvalue weighted by atomic mass is 79.9. The van der Waals surface area contributed by atoms with Gasteiger partial charge in [0.25, 0.3) is 0 Å². The third-order valence-corrected chi connectivity index (χ3v) is 4.31. The number of nitrogens with one attached hydrogen (secondary N) is 1. The molecule has 1 heterocycles. The summed E-state index contributed by atoms with van der Waals surface area (Å²) in [6, 6.07) is 3.10. The number of rotatable bonds is 4. The average Bonchev–Trinajstić information content (AvgIpc) is 2.88. The molecule has 1 aromatic heterocycles. The monoisotopic (exact) mass is 365 g/mol. The fourth-order valence-electron chi connectivity index (χ4n) is 1.79. The third-order valence-electron chi connectivity index (χ3n) is 2.79. The van der Waals surface area contributed by atoms with Gasteiger partial charge in [-0.1, -0.05) is 15.9 Å². The van der Waals surface area contributed by atoms with Crippen molar-refractivity contribution in [2.75, 3.05) is 0 Å². The molecule has 0 radical (unpaired) electrons. The Morgan fingerprint density at radius 1 is 1.40 bits per heavy atom. The second-order valence-corrected chi connectivity index (χ2v) is 5.95. The zero-order valence-corrected chi connectivity index (χ0v) is 12.5. The van der Waals surface area contributed by atoms with Crippen LogP contribution in [0.5, 0.6) is 0 Å². The van der Waals surface area contributed by atoms with Crippen LogP contribution in [-0.2, 0) is 12.6 Å². The molecule has 0 aliphatic rings. The Labute approximate surface area is 126 Å². The highest BCUT2D eigenvalue weighted by Crippen LogP contribution is 2.34. The number of benzene rings is 1. The molecule has 20 heavy (non-hydrogen) atoms. The van der Waals surface area contributed by atoms with Crippen LogP contribution in [-0.4, -0.2) is 4.98 Å². The van der Waals surface area contributed by atoms with Crippen LogP contribution >= 0.6 is 27.3 Å². The van der Waals surface area contributed by atoms with Crippen LogP contribution in [0.25, 0.3) is 0 Å². The topological polar surface area (TPSA) is 50.9 Å². The van der Waals surface area contributed by atoms with Gasteiger partial charge in [-0.3, -0.25) is 16.3 Å². The summed E-state index contributed by atoms with van der Waals surface area (Å²) >= 11 is 4.70. The Morgan fingerprint density at radius 2 is 2.15 bits per heavy atom. The zero-order chi connectivity index (χ0) is 14.8. The Morgan fingerprint density at radius 3 is 2.70 bits per heavy atom. The van der Waals surface area contributed by atoms with Gasteiger partial charge in [-0.25, -0.2) is 0 Å². The summed E-state index contributed by atoms with van der Waals surface area (Å²) in [7, 11) is 0. The van der Waals surface area contributed by atoms with Crippen molar-refractivity contribution in [2.24, 2.45) is 5.84 Å². The predicted molar refractivity (Wildman–Crippen MR) is 75.0 cm³/mol. The van der Waals surface area contributed by atoms with E-state index >= 15 is 0 Å². The summed E-state index contributed by atoms with van der Waals surface area (Å²) in [5, 5.41) is 0. The standard InChI is InChI=1S/C12H11BrF3N3S/c13-10-2-1-7(12(14,15)16)3-9(10)11(19-17)4-8-5-18-6-20-8/h1-3,5-6,11,19H,4,17H2. The molecule has 0 saturated carbocycles. The van der Waals surface area contributed by atoms with E-state index in [1.165, 1.54) is 17.4 Å². The Kier molecular flexibility index (Phi) is 4.79. The number of halogens is 4. The quantitative estimate of drug-likeness (QED) is 0.641. The lowest BCUT2D eigenvalue weighted by Crippen LogP contribution is -2.30. The van der Waals surface area contributed by atoms with Gasteiger partial charge >= 0.3 is 6.18 Å². The molecule has 1 unspecified atom stereocenters. The van der Waals surface area contributed by atoms with E-state index in [2.05, 4.69) is 26.3 Å². The van der Waals surface area contributed by atoms with E-state index in [1.807, 2.05) is 0 Å². The van der Waals surface area contributed by atoms with Crippen LogP contribution in [0.1, 0.15) is 22.0 Å². The molecule has 0 fully saturated rings. The largest absolute Gasteiger partial charge is 0.416 e. The van der Waals surface area contributed by atoms with Gasteiger partial charge in [-0.2, -0.15) is 13.2 Å². The van der Waals surface area contributed by atoms with Gasteiger partial charge in [0.2, 0.25) is 0 Å². The Hall–Kier alpha value is -0.960. The normalized spacial score (nSPS) is 13.4. The van der Waals surface area contributed by atoms with Crippen molar-refractivity contribution in [1.82, 2.24) is 10.4 Å². The van der Waals surface area contributed by atoms with E-state index in [4.69, 9.17) is 5.84 Å². The second kappa shape index (κ2) is 6.21. The first-order valence-electron chi connectivity index (χ1n) is 5.62. The SMILES string of the molecule is NNC(Cc1cncs1)c1cc(C(F)(F)F)ccc1Br. The highest BCUT2D eigenvalue weighted by molar-refractivity contribution is 9.10. The first kappa shape index (κ1) is 15.4. The Balaban J connectivity index is 2.33. The number of hydrogen-bond acceptors (Lipinski definition) is 4. The number of hydrogen-bond donors (Lipinski definition) is 2. The van der Waals surface area contributed by atoms with E-state index in [-0.39, 0.29) is 0 Å². The minimum Gasteiger partial charge on any atom is -0.271 e. The first-order chi connectivity index (χ1) is 9.41. The van der Waals surface area contributed by atoms with Gasteiger partial charge in [0.1, 0.15) is 0 Å². The second-order valence-electron chi connectivity index (χ2n) is 4.13. The molecule has 0 aliphatic heterocycles. The van der Waals surface area contributed by atoms with Crippen molar-refractivity contribution < 1.29 is 13.2 Å². The summed E-state index contributed by atoms with van der Waals surface area (Å²) in [6.07, 6.45) is -2.23. The minimum absolute atomic E-state index is 0.424. The molecule has 0 aliphatic carbocycles. The number of aromatic nitrogens is 1. The van der Waals surface area contributed by atoms with Gasteiger partial charge in [-0.05, 0) is 23.8 Å². The average molecular weight is 366 g/mol. The van der Waals surface area contributed by atoms with E-state index in [1.54, 1.807) is 11.7 Å². The van der Waals surface area contributed by atoms with Gasteiger partial charge in [0.05, 0.1) is 17.1 Å². The molecule has 0 bridgehead atoms. The van der Waals surface area contributed by atoms with Crippen LogP contribution in [0.4, 0.5) is 13.2 Å². The van der Waals surface area contributed by atoms with Gasteiger partial charge < -0.3 is 0 Å². The number of thiazole rings is 1. The van der Waals surface area contributed by atoms with E-state index in [9.17, 15) is 13.2 Å². The van der Waals surface area contributed by atoms with Crippen LogP contribution < -0.4 is 11.3 Å². The maximum atomic E-state index is 12.8. The van der Waals surface area contributed by atoms with E-state index < -0.39 is 17.8 Å². The lowest BCUT2D eigenvalue weighted by Gasteiger charge is -2.19. The molecule has 1 aromatic carbocycles. The molecule has 2 rings (SSSR count). The fraction of sp³-hybridized carbons (Fsp3) is 0.250. The number of hydrazine groups is 1. The van der Waals surface area contributed by atoms with Crippen LogP contribution in [0, 0.1) is 0 Å².